The lowest BCUT2D eigenvalue weighted by molar-refractivity contribution is -0.112. The number of aliphatic hydroxyl groups excluding tert-OH is 1. The highest BCUT2D eigenvalue weighted by Gasteiger charge is 2.36. The molecule has 3 rings (SSSR count). The standard InChI is InChI=1S/C16H12N2O2/c17-11-5-1-9(2-6-11)13-15(19)14(16(13)20)10-3-7-12(18)8-4-10/h1-8,17,19H,18H2/p+1. The monoisotopic (exact) mass is 265 g/mol. The van der Waals surface area contributed by atoms with Crippen molar-refractivity contribution in [3.63, 3.8) is 0 Å². The summed E-state index contributed by atoms with van der Waals surface area (Å²) in [6.07, 6.45) is 6.84. The molecule has 0 unspecified atom stereocenters. The molecular formula is C16H13N2O2+. The van der Waals surface area contributed by atoms with Crippen molar-refractivity contribution in [2.75, 3.05) is 5.73 Å². The van der Waals surface area contributed by atoms with Gasteiger partial charge in [0.1, 0.15) is 5.76 Å². The van der Waals surface area contributed by atoms with Gasteiger partial charge in [-0.1, -0.05) is 12.1 Å². The Bertz CT molecular complexity index is 729. The van der Waals surface area contributed by atoms with Crippen molar-refractivity contribution in [1.29, 1.82) is 0 Å². The second-order valence-corrected chi connectivity index (χ2v) is 4.67. The minimum Gasteiger partial charge on any atom is -0.506 e. The van der Waals surface area contributed by atoms with Crippen molar-refractivity contribution in [3.8, 4) is 0 Å². The Morgan fingerprint density at radius 2 is 1.55 bits per heavy atom. The Labute approximate surface area is 115 Å². The number of rotatable bonds is 1. The second kappa shape index (κ2) is 4.35. The minimum absolute atomic E-state index is 0.0181. The van der Waals surface area contributed by atoms with Gasteiger partial charge in [0.25, 0.3) is 0 Å². The normalized spacial score (nSPS) is 17.8. The summed E-state index contributed by atoms with van der Waals surface area (Å²) >= 11 is 0. The molecule has 0 aromatic heterocycles. The molecule has 0 amide bonds. The number of carbonyl (C=O) groups is 1. The molecule has 5 N–H and O–H groups in total. The van der Waals surface area contributed by atoms with Crippen LogP contribution in [0, 0.1) is 0 Å². The molecule has 4 nitrogen and oxygen atoms in total. The molecule has 0 fully saturated rings. The second-order valence-electron chi connectivity index (χ2n) is 4.67. The molecule has 4 heteroatoms. The van der Waals surface area contributed by atoms with E-state index in [1.165, 1.54) is 0 Å². The maximum absolute atomic E-state index is 12.2. The molecule has 0 spiro atoms. The van der Waals surface area contributed by atoms with Crippen LogP contribution in [0.2, 0.25) is 0 Å². The van der Waals surface area contributed by atoms with Gasteiger partial charge < -0.3 is 10.8 Å². The molecule has 0 aliphatic heterocycles. The highest BCUT2D eigenvalue weighted by Crippen LogP contribution is 2.38. The molecule has 0 radical (unpaired) electrons. The average Bonchev–Trinajstić information content (AvgIpc) is 2.44. The summed E-state index contributed by atoms with van der Waals surface area (Å²) < 4.78 is 0. The van der Waals surface area contributed by atoms with E-state index in [0.717, 1.165) is 0 Å². The van der Waals surface area contributed by atoms with Crippen LogP contribution in [-0.4, -0.2) is 16.6 Å². The number of anilines is 1. The number of hydrogen-bond donors (Lipinski definition) is 3. The Hall–Kier alpha value is -2.88. The maximum atomic E-state index is 12.2. The third kappa shape index (κ3) is 1.78. The molecule has 2 aliphatic rings. The summed E-state index contributed by atoms with van der Waals surface area (Å²) in [6.45, 7) is 0. The first-order chi connectivity index (χ1) is 9.58. The van der Waals surface area contributed by atoms with Gasteiger partial charge >= 0.3 is 0 Å². The van der Waals surface area contributed by atoms with E-state index < -0.39 is 0 Å². The van der Waals surface area contributed by atoms with Crippen LogP contribution < -0.4 is 11.1 Å². The van der Waals surface area contributed by atoms with E-state index in [0.29, 0.717) is 33.7 Å². The summed E-state index contributed by atoms with van der Waals surface area (Å²) in [5.41, 5.74) is 8.83. The van der Waals surface area contributed by atoms with Crippen LogP contribution >= 0.6 is 0 Å². The summed E-state index contributed by atoms with van der Waals surface area (Å²) in [6, 6.07) is 6.84. The van der Waals surface area contributed by atoms with E-state index >= 15 is 0 Å². The predicted molar refractivity (Wildman–Crippen MR) is 77.6 cm³/mol. The lowest BCUT2D eigenvalue weighted by Gasteiger charge is -2.23. The summed E-state index contributed by atoms with van der Waals surface area (Å²) in [5, 5.41) is 15.8. The molecule has 0 saturated carbocycles. The summed E-state index contributed by atoms with van der Waals surface area (Å²) in [4.78, 5) is 12.2. The fourth-order valence-electron chi connectivity index (χ4n) is 2.24. The molecule has 0 atom stereocenters. The van der Waals surface area contributed by atoms with Gasteiger partial charge in [0, 0.05) is 17.8 Å². The number of allylic oxidation sites excluding steroid dienone is 7. The van der Waals surface area contributed by atoms with Crippen LogP contribution in [0.15, 0.2) is 65.5 Å². The molecule has 1 aromatic rings. The fourth-order valence-corrected chi connectivity index (χ4v) is 2.24. The molecule has 0 saturated heterocycles. The Morgan fingerprint density at radius 1 is 0.950 bits per heavy atom. The number of nitrogens with two attached hydrogens (primary N) is 2. The first kappa shape index (κ1) is 12.2. The first-order valence-electron chi connectivity index (χ1n) is 6.15. The van der Waals surface area contributed by atoms with Gasteiger partial charge in [0.2, 0.25) is 5.78 Å². The number of hydrogen-bond acceptors (Lipinski definition) is 3. The number of nitrogen functional groups attached to an aromatic ring is 1. The summed E-state index contributed by atoms with van der Waals surface area (Å²) in [5.74, 6) is -0.151. The van der Waals surface area contributed by atoms with Crippen LogP contribution in [0.25, 0.3) is 5.57 Å². The summed E-state index contributed by atoms with van der Waals surface area (Å²) in [7, 11) is 0. The zero-order chi connectivity index (χ0) is 14.3. The number of Topliss-reactive ketones (excluding diaryl/α,β-unsaturated/α-hetero) is 1. The van der Waals surface area contributed by atoms with Crippen molar-refractivity contribution >= 4 is 22.8 Å². The minimum atomic E-state index is -0.169. The lowest BCUT2D eigenvalue weighted by atomic mass is 9.80. The smallest absolute Gasteiger partial charge is 0.201 e. The van der Waals surface area contributed by atoms with Gasteiger partial charge in [-0.2, -0.15) is 0 Å². The van der Waals surface area contributed by atoms with Gasteiger partial charge in [0.15, 0.2) is 5.71 Å². The van der Waals surface area contributed by atoms with E-state index in [1.54, 1.807) is 48.6 Å². The van der Waals surface area contributed by atoms with Crippen LogP contribution in [0.4, 0.5) is 5.69 Å². The van der Waals surface area contributed by atoms with E-state index in [-0.39, 0.29) is 11.5 Å². The number of benzene rings is 1. The van der Waals surface area contributed by atoms with Gasteiger partial charge in [-0.05, 0) is 35.4 Å². The van der Waals surface area contributed by atoms with Gasteiger partial charge in [0.05, 0.1) is 11.1 Å². The van der Waals surface area contributed by atoms with Crippen molar-refractivity contribution in [1.82, 2.24) is 0 Å². The fraction of sp³-hybridized carbons (Fsp3) is 0. The molecule has 0 bridgehead atoms. The molecule has 0 heterocycles. The number of ketones is 1. The Balaban J connectivity index is 2.05. The van der Waals surface area contributed by atoms with Crippen molar-refractivity contribution in [3.05, 3.63) is 71.0 Å². The van der Waals surface area contributed by atoms with Gasteiger partial charge in [-0.15, -0.1) is 0 Å². The van der Waals surface area contributed by atoms with Crippen LogP contribution in [0.5, 0.6) is 0 Å². The number of carbonyl (C=O) groups excluding carboxylic acids is 1. The predicted octanol–water partition coefficient (Wildman–Crippen LogP) is 0.743. The van der Waals surface area contributed by atoms with E-state index in [1.807, 2.05) is 0 Å². The van der Waals surface area contributed by atoms with Crippen molar-refractivity contribution in [2.24, 2.45) is 0 Å². The van der Waals surface area contributed by atoms with E-state index in [9.17, 15) is 9.90 Å². The Kier molecular flexibility index (Phi) is 2.64. The first-order valence-corrected chi connectivity index (χ1v) is 6.15. The lowest BCUT2D eigenvalue weighted by Crippen LogP contribution is -2.37. The highest BCUT2D eigenvalue weighted by molar-refractivity contribution is 6.39. The topological polar surface area (TPSA) is 88.9 Å². The SMILES string of the molecule is Nc1ccc(C2=C(O)C(=C3C=CC(=[NH2+])C=C3)C2=O)cc1. The van der Waals surface area contributed by atoms with Gasteiger partial charge in [-0.3, -0.25) is 10.2 Å². The largest absolute Gasteiger partial charge is 0.506 e. The van der Waals surface area contributed by atoms with E-state index in [2.05, 4.69) is 0 Å². The third-order valence-corrected chi connectivity index (χ3v) is 3.33. The zero-order valence-corrected chi connectivity index (χ0v) is 10.6. The molecular weight excluding hydrogens is 252 g/mol. The zero-order valence-electron chi connectivity index (χ0n) is 10.6. The molecule has 98 valence electrons. The molecule has 20 heavy (non-hydrogen) atoms. The average molecular weight is 265 g/mol. The quantitative estimate of drug-likeness (QED) is 0.517. The third-order valence-electron chi connectivity index (χ3n) is 3.33. The molecule has 2 aliphatic carbocycles. The number of aliphatic hydroxyl groups is 1. The van der Waals surface area contributed by atoms with Crippen molar-refractivity contribution in [2.45, 2.75) is 0 Å². The van der Waals surface area contributed by atoms with Crippen molar-refractivity contribution < 1.29 is 15.3 Å². The molecule has 1 aromatic carbocycles. The van der Waals surface area contributed by atoms with E-state index in [4.69, 9.17) is 11.1 Å². The maximum Gasteiger partial charge on any atom is 0.201 e. The van der Waals surface area contributed by atoms with Crippen LogP contribution in [0.1, 0.15) is 5.56 Å². The van der Waals surface area contributed by atoms with Crippen LogP contribution in [0.3, 0.4) is 0 Å². The highest BCUT2D eigenvalue weighted by atomic mass is 16.3. The van der Waals surface area contributed by atoms with Gasteiger partial charge in [-0.25, -0.2) is 0 Å². The Morgan fingerprint density at radius 3 is 2.10 bits per heavy atom. The van der Waals surface area contributed by atoms with Crippen LogP contribution in [-0.2, 0) is 4.79 Å².